The van der Waals surface area contributed by atoms with Crippen LogP contribution in [0.15, 0.2) is 66.7 Å². The van der Waals surface area contributed by atoms with Crippen LogP contribution in [-0.2, 0) is 6.54 Å². The molecule has 3 aromatic rings. The highest BCUT2D eigenvalue weighted by Crippen LogP contribution is 2.23. The van der Waals surface area contributed by atoms with Gasteiger partial charge in [-0.1, -0.05) is 30.3 Å². The maximum atomic E-state index is 12.2. The molecule has 3 rings (SSSR count). The van der Waals surface area contributed by atoms with Crippen molar-refractivity contribution in [2.45, 2.75) is 6.54 Å². The normalized spacial score (nSPS) is 10.4. The second-order valence-electron chi connectivity index (χ2n) is 5.54. The van der Waals surface area contributed by atoms with Crippen molar-refractivity contribution in [1.82, 2.24) is 4.57 Å². The van der Waals surface area contributed by atoms with Gasteiger partial charge in [0.05, 0.1) is 6.54 Å². The molecule has 0 radical (unpaired) electrons. The molecule has 0 bridgehead atoms. The fourth-order valence-electron chi connectivity index (χ4n) is 2.38. The number of hydrogen-bond acceptors (Lipinski definition) is 4. The zero-order chi connectivity index (χ0) is 17.8. The molecule has 1 heterocycles. The summed E-state index contributed by atoms with van der Waals surface area (Å²) in [4.78, 5) is 13.6. The Bertz CT molecular complexity index is 837. The van der Waals surface area contributed by atoms with Gasteiger partial charge in [-0.15, -0.1) is 0 Å². The van der Waals surface area contributed by atoms with Gasteiger partial charge in [0.15, 0.2) is 11.8 Å². The van der Waals surface area contributed by atoms with Gasteiger partial charge in [-0.25, -0.2) is 4.79 Å². The van der Waals surface area contributed by atoms with Crippen LogP contribution in [0.4, 0.5) is 10.5 Å². The van der Waals surface area contributed by atoms with Gasteiger partial charge in [0.25, 0.3) is 0 Å². The average molecular weight is 338 g/mol. The molecule has 2 N–H and O–H groups in total. The summed E-state index contributed by atoms with van der Waals surface area (Å²) in [6, 6.07) is 18.9. The van der Waals surface area contributed by atoms with Gasteiger partial charge < -0.3 is 14.9 Å². The molecule has 0 aliphatic carbocycles. The molecule has 0 fully saturated rings. The Hall–Kier alpha value is -3.41. The summed E-state index contributed by atoms with van der Waals surface area (Å²) in [5.41, 5.74) is 1.58. The molecular weight excluding hydrogens is 320 g/mol. The largest absolute Gasteiger partial charge is 0.494 e. The van der Waals surface area contributed by atoms with Gasteiger partial charge in [0.1, 0.15) is 5.75 Å². The summed E-state index contributed by atoms with van der Waals surface area (Å²) < 4.78 is 6.71. The predicted octanol–water partition coefficient (Wildman–Crippen LogP) is 3.58. The van der Waals surface area contributed by atoms with Gasteiger partial charge >= 0.3 is 6.09 Å². The van der Waals surface area contributed by atoms with E-state index in [-0.39, 0.29) is 11.8 Å². The van der Waals surface area contributed by atoms with Crippen LogP contribution in [0.1, 0.15) is 5.56 Å². The highest BCUT2D eigenvalue weighted by atomic mass is 16.6. The maximum Gasteiger partial charge on any atom is 0.419 e. The van der Waals surface area contributed by atoms with E-state index in [1.165, 1.54) is 21.6 Å². The van der Waals surface area contributed by atoms with Crippen molar-refractivity contribution < 1.29 is 19.7 Å². The Kier molecular flexibility index (Phi) is 4.61. The number of rotatable bonds is 4. The third-order valence-corrected chi connectivity index (χ3v) is 3.82. The highest BCUT2D eigenvalue weighted by Gasteiger charge is 2.13. The predicted molar refractivity (Wildman–Crippen MR) is 94.2 cm³/mol. The van der Waals surface area contributed by atoms with Crippen LogP contribution in [0.25, 0.3) is 0 Å². The summed E-state index contributed by atoms with van der Waals surface area (Å²) >= 11 is 0. The van der Waals surface area contributed by atoms with E-state index in [1.54, 1.807) is 31.3 Å². The molecule has 2 aromatic carbocycles. The van der Waals surface area contributed by atoms with Crippen molar-refractivity contribution in [3.05, 3.63) is 72.3 Å². The lowest BCUT2D eigenvalue weighted by atomic mass is 10.2. The molecule has 0 spiro atoms. The van der Waals surface area contributed by atoms with E-state index in [9.17, 15) is 15.0 Å². The monoisotopic (exact) mass is 338 g/mol. The molecular formula is C19H18N2O4. The summed E-state index contributed by atoms with van der Waals surface area (Å²) in [7, 11) is 1.64. The van der Waals surface area contributed by atoms with E-state index in [2.05, 4.69) is 0 Å². The molecule has 0 saturated carbocycles. The van der Waals surface area contributed by atoms with E-state index in [0.29, 0.717) is 12.3 Å². The minimum atomic E-state index is -0.486. The third-order valence-electron chi connectivity index (χ3n) is 3.82. The van der Waals surface area contributed by atoms with Gasteiger partial charge in [0.2, 0.25) is 0 Å². The molecule has 0 atom stereocenters. The number of para-hydroxylation sites is 1. The summed E-state index contributed by atoms with van der Waals surface area (Å²) in [5.74, 6) is 0.382. The number of carbonyl (C=O) groups excluding carboxylic acids is 1. The molecule has 25 heavy (non-hydrogen) atoms. The fraction of sp³-hybridized carbons (Fsp3) is 0.105. The fourth-order valence-corrected chi connectivity index (χ4v) is 2.38. The zero-order valence-corrected chi connectivity index (χ0v) is 13.7. The first-order valence-electron chi connectivity index (χ1n) is 7.71. The first-order chi connectivity index (χ1) is 12.0. The number of carbonyl (C=O) groups is 1. The first kappa shape index (κ1) is 16.4. The van der Waals surface area contributed by atoms with Gasteiger partial charge in [0, 0.05) is 24.9 Å². The lowest BCUT2D eigenvalue weighted by molar-refractivity contribution is 0.209. The Balaban J connectivity index is 1.65. The smallest absolute Gasteiger partial charge is 0.419 e. The Morgan fingerprint density at radius 1 is 0.960 bits per heavy atom. The van der Waals surface area contributed by atoms with Crippen LogP contribution >= 0.6 is 0 Å². The van der Waals surface area contributed by atoms with Crippen LogP contribution in [-0.4, -0.2) is 27.9 Å². The molecule has 0 aliphatic heterocycles. The molecule has 0 saturated heterocycles. The zero-order valence-electron chi connectivity index (χ0n) is 13.7. The average Bonchev–Trinajstić information content (AvgIpc) is 2.95. The molecule has 0 aliphatic rings. The molecule has 1 aromatic heterocycles. The number of nitrogens with zero attached hydrogens (tertiary/aromatic N) is 2. The molecule has 6 nitrogen and oxygen atoms in total. The minimum Gasteiger partial charge on any atom is -0.494 e. The van der Waals surface area contributed by atoms with Crippen LogP contribution in [0, 0.1) is 0 Å². The Labute approximate surface area is 145 Å². The van der Waals surface area contributed by atoms with Crippen LogP contribution in [0.2, 0.25) is 0 Å². The van der Waals surface area contributed by atoms with Crippen molar-refractivity contribution in [1.29, 1.82) is 0 Å². The van der Waals surface area contributed by atoms with Crippen LogP contribution < -0.4 is 9.64 Å². The van der Waals surface area contributed by atoms with E-state index in [4.69, 9.17) is 4.74 Å². The second kappa shape index (κ2) is 7.00. The topological polar surface area (TPSA) is 74.9 Å². The van der Waals surface area contributed by atoms with Crippen molar-refractivity contribution in [2.24, 2.45) is 0 Å². The van der Waals surface area contributed by atoms with Crippen LogP contribution in [0.5, 0.6) is 17.5 Å². The first-order valence-corrected chi connectivity index (χ1v) is 7.71. The standard InChI is InChI=1S/C19H18N2O4/c1-20(15-5-3-2-4-6-15)19(24)25-16-9-7-14(8-10-16)13-21-17(22)11-12-18(21)23/h2-12,22-23H,13H2,1H3. The Morgan fingerprint density at radius 3 is 2.16 bits per heavy atom. The SMILES string of the molecule is CN(C(=O)Oc1ccc(Cn2c(O)ccc2O)cc1)c1ccccc1. The maximum absolute atomic E-state index is 12.2. The van der Waals surface area contributed by atoms with Gasteiger partial charge in [-0.3, -0.25) is 9.47 Å². The van der Waals surface area contributed by atoms with Gasteiger partial charge in [-0.2, -0.15) is 0 Å². The lowest BCUT2D eigenvalue weighted by Crippen LogP contribution is -2.29. The van der Waals surface area contributed by atoms with Crippen molar-refractivity contribution >= 4 is 11.8 Å². The summed E-state index contributed by atoms with van der Waals surface area (Å²) in [6.45, 7) is 0.308. The van der Waals surface area contributed by atoms with Crippen molar-refractivity contribution in [3.63, 3.8) is 0 Å². The van der Waals surface area contributed by atoms with E-state index >= 15 is 0 Å². The van der Waals surface area contributed by atoms with Crippen molar-refractivity contribution in [3.8, 4) is 17.5 Å². The molecule has 1 amide bonds. The Morgan fingerprint density at radius 2 is 1.56 bits per heavy atom. The molecule has 0 unspecified atom stereocenters. The number of ether oxygens (including phenoxy) is 1. The lowest BCUT2D eigenvalue weighted by Gasteiger charge is -2.16. The van der Waals surface area contributed by atoms with Gasteiger partial charge in [-0.05, 0) is 29.8 Å². The summed E-state index contributed by atoms with van der Waals surface area (Å²) in [6.07, 6.45) is -0.486. The second-order valence-corrected chi connectivity index (χ2v) is 5.54. The van der Waals surface area contributed by atoms with Crippen molar-refractivity contribution in [2.75, 3.05) is 11.9 Å². The quantitative estimate of drug-likeness (QED) is 0.762. The van der Waals surface area contributed by atoms with Crippen LogP contribution in [0.3, 0.4) is 0 Å². The number of hydrogen-bond donors (Lipinski definition) is 2. The number of anilines is 1. The number of aromatic nitrogens is 1. The highest BCUT2D eigenvalue weighted by molar-refractivity contribution is 5.88. The minimum absolute atomic E-state index is 0.0162. The summed E-state index contributed by atoms with van der Waals surface area (Å²) in [5, 5.41) is 19.3. The molecule has 128 valence electrons. The number of benzene rings is 2. The van der Waals surface area contributed by atoms with E-state index < -0.39 is 6.09 Å². The number of amides is 1. The number of aromatic hydroxyl groups is 2. The van der Waals surface area contributed by atoms with E-state index in [0.717, 1.165) is 11.3 Å². The third kappa shape index (κ3) is 3.74. The van der Waals surface area contributed by atoms with E-state index in [1.807, 2.05) is 30.3 Å². The molecule has 6 heteroatoms.